The molecule has 0 aromatic heterocycles. The summed E-state index contributed by atoms with van der Waals surface area (Å²) < 4.78 is 35.2. The number of rotatable bonds is 3. The number of hydrogen-bond acceptors (Lipinski definition) is 2. The molecule has 1 rings (SSSR count). The van der Waals surface area contributed by atoms with Gasteiger partial charge in [0.25, 0.3) is 0 Å². The molecule has 0 aliphatic carbocycles. The van der Waals surface area contributed by atoms with E-state index in [-0.39, 0.29) is 12.6 Å². The predicted molar refractivity (Wildman–Crippen MR) is 44.7 cm³/mol. The molecule has 0 aromatic rings. The summed E-state index contributed by atoms with van der Waals surface area (Å²) in [6, 6.07) is 0.253. The minimum Gasteiger partial charge on any atom is -0.348 e. The van der Waals surface area contributed by atoms with Gasteiger partial charge in [-0.1, -0.05) is 0 Å². The van der Waals surface area contributed by atoms with Gasteiger partial charge in [-0.25, -0.2) is 0 Å². The number of carbonyl (C=O) groups excluding carboxylic acids is 1. The molecule has 3 nitrogen and oxygen atoms in total. The molecule has 1 fully saturated rings. The van der Waals surface area contributed by atoms with Crippen molar-refractivity contribution in [2.24, 2.45) is 0 Å². The Kier molecular flexibility index (Phi) is 3.74. The molecule has 0 spiro atoms. The Balaban J connectivity index is 2.11. The van der Waals surface area contributed by atoms with Crippen LogP contribution in [0, 0.1) is 0 Å². The largest absolute Gasteiger partial charge is 0.471 e. The first-order valence-electron chi connectivity index (χ1n) is 4.58. The summed E-state index contributed by atoms with van der Waals surface area (Å²) in [5, 5.41) is 4.98. The second-order valence-corrected chi connectivity index (χ2v) is 3.34. The summed E-state index contributed by atoms with van der Waals surface area (Å²) in [4.78, 5) is 10.4. The Morgan fingerprint density at radius 3 is 2.71 bits per heavy atom. The van der Waals surface area contributed by atoms with E-state index in [1.165, 1.54) is 0 Å². The molecule has 1 unspecified atom stereocenters. The van der Waals surface area contributed by atoms with E-state index in [1.807, 2.05) is 5.32 Å². The van der Waals surface area contributed by atoms with Gasteiger partial charge in [0, 0.05) is 12.6 Å². The molecular formula is C8H13F3N2O. The van der Waals surface area contributed by atoms with E-state index in [1.54, 1.807) is 0 Å². The number of carbonyl (C=O) groups is 1. The average molecular weight is 210 g/mol. The van der Waals surface area contributed by atoms with Crippen LogP contribution >= 0.6 is 0 Å². The van der Waals surface area contributed by atoms with Crippen LogP contribution in [0.3, 0.4) is 0 Å². The van der Waals surface area contributed by atoms with Crippen molar-refractivity contribution in [2.75, 3.05) is 13.1 Å². The maximum absolute atomic E-state index is 11.7. The summed E-state index contributed by atoms with van der Waals surface area (Å²) in [5.74, 6) is -1.85. The fourth-order valence-electron chi connectivity index (χ4n) is 1.46. The Hall–Kier alpha value is -0.780. The third kappa shape index (κ3) is 3.53. The van der Waals surface area contributed by atoms with Crippen LogP contribution in [0.4, 0.5) is 13.2 Å². The zero-order valence-corrected chi connectivity index (χ0v) is 7.66. The van der Waals surface area contributed by atoms with E-state index >= 15 is 0 Å². The van der Waals surface area contributed by atoms with Crippen LogP contribution in [0.5, 0.6) is 0 Å². The first kappa shape index (κ1) is 11.3. The molecule has 0 bridgehead atoms. The molecule has 1 atom stereocenters. The van der Waals surface area contributed by atoms with Gasteiger partial charge >= 0.3 is 12.1 Å². The molecule has 1 aliphatic heterocycles. The molecule has 82 valence electrons. The first-order valence-corrected chi connectivity index (χ1v) is 4.58. The minimum atomic E-state index is -4.76. The molecule has 1 aliphatic rings. The van der Waals surface area contributed by atoms with Crippen LogP contribution in [0.2, 0.25) is 0 Å². The van der Waals surface area contributed by atoms with Gasteiger partial charge in [0.1, 0.15) is 0 Å². The lowest BCUT2D eigenvalue weighted by atomic mass is 10.1. The SMILES string of the molecule is O=C(NCCC1CCCN1)C(F)(F)F. The second-order valence-electron chi connectivity index (χ2n) is 3.34. The zero-order chi connectivity index (χ0) is 10.6. The maximum Gasteiger partial charge on any atom is 0.471 e. The topological polar surface area (TPSA) is 41.1 Å². The average Bonchev–Trinajstić information content (AvgIpc) is 2.55. The normalized spacial score (nSPS) is 22.4. The first-order chi connectivity index (χ1) is 6.50. The Morgan fingerprint density at radius 1 is 1.50 bits per heavy atom. The van der Waals surface area contributed by atoms with Crippen molar-refractivity contribution in [2.45, 2.75) is 31.5 Å². The van der Waals surface area contributed by atoms with Gasteiger partial charge in [-0.05, 0) is 25.8 Å². The van der Waals surface area contributed by atoms with Crippen molar-refractivity contribution in [3.63, 3.8) is 0 Å². The molecular weight excluding hydrogens is 197 g/mol. The number of nitrogens with one attached hydrogen (secondary N) is 2. The highest BCUT2D eigenvalue weighted by Crippen LogP contribution is 2.14. The summed E-state index contributed by atoms with van der Waals surface area (Å²) in [5.41, 5.74) is 0. The smallest absolute Gasteiger partial charge is 0.348 e. The minimum absolute atomic E-state index is 0.0794. The van der Waals surface area contributed by atoms with E-state index in [0.29, 0.717) is 6.42 Å². The van der Waals surface area contributed by atoms with Crippen molar-refractivity contribution in [3.8, 4) is 0 Å². The van der Waals surface area contributed by atoms with Crippen molar-refractivity contribution in [3.05, 3.63) is 0 Å². The molecule has 0 radical (unpaired) electrons. The van der Waals surface area contributed by atoms with Crippen LogP contribution < -0.4 is 10.6 Å². The van der Waals surface area contributed by atoms with E-state index in [0.717, 1.165) is 19.4 Å². The van der Waals surface area contributed by atoms with E-state index in [2.05, 4.69) is 5.32 Å². The number of amides is 1. The van der Waals surface area contributed by atoms with Crippen LogP contribution in [0.1, 0.15) is 19.3 Å². The monoisotopic (exact) mass is 210 g/mol. The van der Waals surface area contributed by atoms with Crippen LogP contribution in [0.25, 0.3) is 0 Å². The molecule has 0 aromatic carbocycles. The third-order valence-electron chi connectivity index (χ3n) is 2.20. The lowest BCUT2D eigenvalue weighted by Crippen LogP contribution is -2.38. The van der Waals surface area contributed by atoms with Gasteiger partial charge < -0.3 is 10.6 Å². The second kappa shape index (κ2) is 4.63. The molecule has 2 N–H and O–H groups in total. The van der Waals surface area contributed by atoms with Crippen molar-refractivity contribution >= 4 is 5.91 Å². The predicted octanol–water partition coefficient (Wildman–Crippen LogP) is 0.807. The highest BCUT2D eigenvalue weighted by Gasteiger charge is 2.38. The number of halogens is 3. The molecule has 14 heavy (non-hydrogen) atoms. The van der Waals surface area contributed by atoms with Gasteiger partial charge in [-0.15, -0.1) is 0 Å². The lowest BCUT2D eigenvalue weighted by molar-refractivity contribution is -0.173. The van der Waals surface area contributed by atoms with Gasteiger partial charge in [0.15, 0.2) is 0 Å². The molecule has 0 saturated carbocycles. The van der Waals surface area contributed by atoms with Crippen LogP contribution in [-0.2, 0) is 4.79 Å². The third-order valence-corrected chi connectivity index (χ3v) is 2.20. The Labute approximate surface area is 80.0 Å². The summed E-state index contributed by atoms with van der Waals surface area (Å²) in [6.07, 6.45) is -2.18. The quantitative estimate of drug-likeness (QED) is 0.723. The van der Waals surface area contributed by atoms with E-state index in [9.17, 15) is 18.0 Å². The summed E-state index contributed by atoms with van der Waals surface area (Å²) >= 11 is 0. The molecule has 1 heterocycles. The Morgan fingerprint density at radius 2 is 2.21 bits per heavy atom. The van der Waals surface area contributed by atoms with E-state index < -0.39 is 12.1 Å². The number of hydrogen-bond donors (Lipinski definition) is 2. The van der Waals surface area contributed by atoms with E-state index in [4.69, 9.17) is 0 Å². The fourth-order valence-corrected chi connectivity index (χ4v) is 1.46. The molecule has 1 saturated heterocycles. The fraction of sp³-hybridized carbons (Fsp3) is 0.875. The summed E-state index contributed by atoms with van der Waals surface area (Å²) in [6.45, 7) is 0.994. The standard InChI is InChI=1S/C8H13F3N2O/c9-8(10,11)7(14)13-5-3-6-2-1-4-12-6/h6,12H,1-5H2,(H,13,14). The Bertz CT molecular complexity index is 199. The van der Waals surface area contributed by atoms with Crippen LogP contribution in [-0.4, -0.2) is 31.2 Å². The highest BCUT2D eigenvalue weighted by atomic mass is 19.4. The van der Waals surface area contributed by atoms with Crippen molar-refractivity contribution < 1.29 is 18.0 Å². The van der Waals surface area contributed by atoms with Gasteiger partial charge in [0.2, 0.25) is 0 Å². The van der Waals surface area contributed by atoms with Crippen LogP contribution in [0.15, 0.2) is 0 Å². The molecule has 1 amide bonds. The summed E-state index contributed by atoms with van der Waals surface area (Å²) in [7, 11) is 0. The highest BCUT2D eigenvalue weighted by molar-refractivity contribution is 5.81. The van der Waals surface area contributed by atoms with Gasteiger partial charge in [0.05, 0.1) is 0 Å². The van der Waals surface area contributed by atoms with Gasteiger partial charge in [-0.2, -0.15) is 13.2 Å². The maximum atomic E-state index is 11.7. The zero-order valence-electron chi connectivity index (χ0n) is 7.66. The van der Waals surface area contributed by atoms with Crippen molar-refractivity contribution in [1.29, 1.82) is 0 Å². The van der Waals surface area contributed by atoms with Gasteiger partial charge in [-0.3, -0.25) is 4.79 Å². The molecule has 6 heteroatoms. The lowest BCUT2D eigenvalue weighted by Gasteiger charge is -2.11. The number of alkyl halides is 3. The van der Waals surface area contributed by atoms with Crippen molar-refractivity contribution in [1.82, 2.24) is 10.6 Å².